The second-order valence-corrected chi connectivity index (χ2v) is 5.24. The molecule has 2 unspecified atom stereocenters. The Bertz CT molecular complexity index is 606. The van der Waals surface area contributed by atoms with Gasteiger partial charge < -0.3 is 21.7 Å². The van der Waals surface area contributed by atoms with Crippen LogP contribution in [-0.4, -0.2) is 23.9 Å². The van der Waals surface area contributed by atoms with Gasteiger partial charge in [0, 0.05) is 12.6 Å². The van der Waals surface area contributed by atoms with Crippen LogP contribution in [0.15, 0.2) is 18.2 Å². The first-order valence-electron chi connectivity index (χ1n) is 7.18. The molecule has 126 valence electrons. The van der Waals surface area contributed by atoms with Crippen LogP contribution < -0.4 is 21.7 Å². The monoisotopic (exact) mass is 324 g/mol. The van der Waals surface area contributed by atoms with Crippen molar-refractivity contribution < 1.29 is 18.8 Å². The molecule has 5 N–H and O–H groups in total. The Hall–Kier alpha value is -2.64. The number of hydrogen-bond donors (Lipinski definition) is 4. The summed E-state index contributed by atoms with van der Waals surface area (Å²) >= 11 is 0. The van der Waals surface area contributed by atoms with Crippen LogP contribution in [0.1, 0.15) is 27.2 Å². The molecule has 0 saturated heterocycles. The number of anilines is 2. The molecule has 0 heterocycles. The van der Waals surface area contributed by atoms with Gasteiger partial charge in [-0.2, -0.15) is 0 Å². The van der Waals surface area contributed by atoms with Gasteiger partial charge >= 0.3 is 6.03 Å². The van der Waals surface area contributed by atoms with E-state index in [4.69, 9.17) is 5.73 Å². The molecule has 8 heteroatoms. The van der Waals surface area contributed by atoms with Crippen molar-refractivity contribution in [1.29, 1.82) is 0 Å². The summed E-state index contributed by atoms with van der Waals surface area (Å²) in [7, 11) is 0. The molecule has 0 bridgehead atoms. The summed E-state index contributed by atoms with van der Waals surface area (Å²) in [5.74, 6) is -1.75. The quantitative estimate of drug-likeness (QED) is 0.640. The van der Waals surface area contributed by atoms with Crippen molar-refractivity contribution in [2.45, 2.75) is 33.2 Å². The molecule has 2 atom stereocenters. The fraction of sp³-hybridized carbons (Fsp3) is 0.400. The van der Waals surface area contributed by atoms with Crippen LogP contribution in [-0.2, 0) is 9.59 Å². The Balaban J connectivity index is 2.96. The van der Waals surface area contributed by atoms with Gasteiger partial charge in [-0.3, -0.25) is 9.59 Å². The summed E-state index contributed by atoms with van der Waals surface area (Å²) in [5.41, 5.74) is 5.32. The fourth-order valence-electron chi connectivity index (χ4n) is 1.97. The van der Waals surface area contributed by atoms with E-state index < -0.39 is 23.8 Å². The zero-order valence-corrected chi connectivity index (χ0v) is 13.3. The molecular weight excluding hydrogens is 303 g/mol. The van der Waals surface area contributed by atoms with Crippen molar-refractivity contribution in [3.63, 3.8) is 0 Å². The predicted molar refractivity (Wildman–Crippen MR) is 85.3 cm³/mol. The van der Waals surface area contributed by atoms with Crippen LogP contribution in [0.5, 0.6) is 0 Å². The topological polar surface area (TPSA) is 113 Å². The molecule has 0 radical (unpaired) electrons. The maximum absolute atomic E-state index is 13.8. The Kier molecular flexibility index (Phi) is 6.49. The number of primary amides is 1. The van der Waals surface area contributed by atoms with E-state index >= 15 is 0 Å². The van der Waals surface area contributed by atoms with Crippen molar-refractivity contribution in [3.8, 4) is 0 Å². The first-order valence-corrected chi connectivity index (χ1v) is 7.18. The zero-order valence-electron chi connectivity index (χ0n) is 13.3. The van der Waals surface area contributed by atoms with Crippen LogP contribution in [0.3, 0.4) is 0 Å². The molecule has 4 amide bonds. The number of carbonyl (C=O) groups is 3. The van der Waals surface area contributed by atoms with Crippen molar-refractivity contribution in [2.24, 2.45) is 11.7 Å². The lowest BCUT2D eigenvalue weighted by Gasteiger charge is -2.22. The van der Waals surface area contributed by atoms with E-state index in [1.165, 1.54) is 19.1 Å². The summed E-state index contributed by atoms with van der Waals surface area (Å²) in [5, 5.41) is 7.25. The third-order valence-corrected chi connectivity index (χ3v) is 3.34. The summed E-state index contributed by atoms with van der Waals surface area (Å²) in [6.45, 7) is 4.94. The third-order valence-electron chi connectivity index (χ3n) is 3.34. The summed E-state index contributed by atoms with van der Waals surface area (Å²) in [6.07, 6.45) is 0.618. The van der Waals surface area contributed by atoms with E-state index in [1.54, 1.807) is 6.92 Å². The Morgan fingerprint density at radius 2 is 1.91 bits per heavy atom. The normalized spacial score (nSPS) is 12.9. The van der Waals surface area contributed by atoms with E-state index in [2.05, 4.69) is 16.0 Å². The minimum Gasteiger partial charge on any atom is -0.352 e. The van der Waals surface area contributed by atoms with E-state index in [1.807, 2.05) is 6.92 Å². The first kappa shape index (κ1) is 18.4. The van der Waals surface area contributed by atoms with Gasteiger partial charge in [0.05, 0.1) is 5.69 Å². The first-order chi connectivity index (χ1) is 10.7. The number of amides is 4. The van der Waals surface area contributed by atoms with Gasteiger partial charge in [0.2, 0.25) is 11.8 Å². The fourth-order valence-corrected chi connectivity index (χ4v) is 1.97. The summed E-state index contributed by atoms with van der Waals surface area (Å²) < 4.78 is 13.8. The standard InChI is InChI=1S/C15H21FN4O3/c1-4-8(2)13(20-15(17)23)14(22)19-12-7-10(18-9(3)21)5-6-11(12)16/h5-8,13H,4H2,1-3H3,(H,18,21)(H,19,22)(H3,17,20,23). The predicted octanol–water partition coefficient (Wildman–Crippen LogP) is 1.81. The Morgan fingerprint density at radius 1 is 1.26 bits per heavy atom. The van der Waals surface area contributed by atoms with E-state index in [0.29, 0.717) is 12.1 Å². The number of nitrogens with two attached hydrogens (primary N) is 1. The highest BCUT2D eigenvalue weighted by atomic mass is 19.1. The molecule has 1 rings (SSSR count). The van der Waals surface area contributed by atoms with Gasteiger partial charge in [-0.1, -0.05) is 20.3 Å². The second-order valence-electron chi connectivity index (χ2n) is 5.24. The number of nitrogens with one attached hydrogen (secondary N) is 3. The molecule has 1 aromatic rings. The second kappa shape index (κ2) is 8.11. The SMILES string of the molecule is CCC(C)C(NC(N)=O)C(=O)Nc1cc(NC(C)=O)ccc1F. The zero-order chi connectivity index (χ0) is 17.6. The molecule has 23 heavy (non-hydrogen) atoms. The van der Waals surface area contributed by atoms with Crippen LogP contribution in [0, 0.1) is 11.7 Å². The number of carbonyl (C=O) groups excluding carboxylic acids is 3. The molecule has 0 aliphatic rings. The number of urea groups is 1. The summed E-state index contributed by atoms with van der Waals surface area (Å²) in [4.78, 5) is 34.4. The lowest BCUT2D eigenvalue weighted by atomic mass is 9.98. The lowest BCUT2D eigenvalue weighted by molar-refractivity contribution is -0.119. The highest BCUT2D eigenvalue weighted by Crippen LogP contribution is 2.21. The highest BCUT2D eigenvalue weighted by molar-refractivity contribution is 5.98. The largest absolute Gasteiger partial charge is 0.352 e. The smallest absolute Gasteiger partial charge is 0.312 e. The van der Waals surface area contributed by atoms with Gasteiger partial charge in [-0.25, -0.2) is 9.18 Å². The van der Waals surface area contributed by atoms with Gasteiger partial charge in [-0.15, -0.1) is 0 Å². The Morgan fingerprint density at radius 3 is 2.43 bits per heavy atom. The van der Waals surface area contributed by atoms with Crippen LogP contribution in [0.2, 0.25) is 0 Å². The number of benzene rings is 1. The van der Waals surface area contributed by atoms with Gasteiger partial charge in [0.25, 0.3) is 0 Å². The molecule has 7 nitrogen and oxygen atoms in total. The van der Waals surface area contributed by atoms with Crippen LogP contribution in [0.25, 0.3) is 0 Å². The molecule has 0 fully saturated rings. The number of halogens is 1. The van der Waals surface area contributed by atoms with E-state index in [0.717, 1.165) is 6.07 Å². The van der Waals surface area contributed by atoms with Crippen LogP contribution >= 0.6 is 0 Å². The van der Waals surface area contributed by atoms with Crippen LogP contribution in [0.4, 0.5) is 20.6 Å². The molecular formula is C15H21FN4O3. The van der Waals surface area contributed by atoms with Crippen molar-refractivity contribution in [2.75, 3.05) is 10.6 Å². The van der Waals surface area contributed by atoms with Gasteiger partial charge in [0.1, 0.15) is 11.9 Å². The maximum atomic E-state index is 13.8. The lowest BCUT2D eigenvalue weighted by Crippen LogP contribution is -2.49. The molecule has 1 aromatic carbocycles. The maximum Gasteiger partial charge on any atom is 0.312 e. The van der Waals surface area contributed by atoms with E-state index in [-0.39, 0.29) is 17.5 Å². The molecule has 0 aliphatic heterocycles. The number of hydrogen-bond acceptors (Lipinski definition) is 3. The minimum absolute atomic E-state index is 0.0965. The molecule has 0 aliphatic carbocycles. The van der Waals surface area contributed by atoms with Crippen molar-refractivity contribution in [3.05, 3.63) is 24.0 Å². The van der Waals surface area contributed by atoms with Crippen molar-refractivity contribution >= 4 is 29.2 Å². The molecule has 0 aromatic heterocycles. The van der Waals surface area contributed by atoms with Gasteiger partial charge in [-0.05, 0) is 24.1 Å². The highest BCUT2D eigenvalue weighted by Gasteiger charge is 2.26. The molecule has 0 saturated carbocycles. The van der Waals surface area contributed by atoms with Gasteiger partial charge in [0.15, 0.2) is 0 Å². The average Bonchev–Trinajstić information content (AvgIpc) is 2.46. The summed E-state index contributed by atoms with van der Waals surface area (Å²) in [6, 6.07) is 2.08. The van der Waals surface area contributed by atoms with Crippen molar-refractivity contribution in [1.82, 2.24) is 5.32 Å². The minimum atomic E-state index is -0.888. The van der Waals surface area contributed by atoms with E-state index in [9.17, 15) is 18.8 Å². The average molecular weight is 324 g/mol. The molecule has 0 spiro atoms. The number of rotatable bonds is 6. The third kappa shape index (κ3) is 5.57. The Labute approximate surface area is 133 Å².